The van der Waals surface area contributed by atoms with Crippen molar-refractivity contribution in [3.63, 3.8) is 0 Å². The fourth-order valence-electron chi connectivity index (χ4n) is 1.01. The molecule has 0 aliphatic heterocycles. The Balaban J connectivity index is 2.76. The van der Waals surface area contributed by atoms with E-state index in [4.69, 9.17) is 0 Å². The van der Waals surface area contributed by atoms with E-state index in [2.05, 4.69) is 9.71 Å². The van der Waals surface area contributed by atoms with Crippen LogP contribution in [0.3, 0.4) is 0 Å². The Kier molecular flexibility index (Phi) is 3.00. The highest BCUT2D eigenvalue weighted by Crippen LogP contribution is 2.08. The molecule has 1 atom stereocenters. The van der Waals surface area contributed by atoms with Gasteiger partial charge in [0.1, 0.15) is 0 Å². The number of nitrogens with one attached hydrogen (secondary N) is 1. The standard InChI is InChI=1S/C8H12N2O2S/c1-7(10-13(2,11)12)8-5-3-4-6-9-8/h3-7,10H,1-2H3/t7-/m1/s1. The van der Waals surface area contributed by atoms with Crippen molar-refractivity contribution in [1.29, 1.82) is 0 Å². The largest absolute Gasteiger partial charge is 0.260 e. The van der Waals surface area contributed by atoms with Crippen LogP contribution in [0.2, 0.25) is 0 Å². The van der Waals surface area contributed by atoms with Crippen molar-refractivity contribution in [2.75, 3.05) is 6.26 Å². The maximum absolute atomic E-state index is 10.9. The molecule has 72 valence electrons. The van der Waals surface area contributed by atoms with Crippen LogP contribution in [0.1, 0.15) is 18.7 Å². The van der Waals surface area contributed by atoms with Crippen LogP contribution in [-0.2, 0) is 10.0 Å². The topological polar surface area (TPSA) is 59.1 Å². The van der Waals surface area contributed by atoms with E-state index in [0.717, 1.165) is 6.26 Å². The van der Waals surface area contributed by atoms with Gasteiger partial charge in [-0.15, -0.1) is 0 Å². The SMILES string of the molecule is C[C@@H](NS(C)(=O)=O)c1ccccn1. The van der Waals surface area contributed by atoms with Gasteiger partial charge >= 0.3 is 0 Å². The molecule has 4 nitrogen and oxygen atoms in total. The van der Waals surface area contributed by atoms with Crippen molar-refractivity contribution < 1.29 is 8.42 Å². The Labute approximate surface area is 78.1 Å². The molecule has 0 spiro atoms. The van der Waals surface area contributed by atoms with Crippen LogP contribution in [0.4, 0.5) is 0 Å². The first-order valence-electron chi connectivity index (χ1n) is 3.87. The molecule has 0 saturated carbocycles. The summed E-state index contributed by atoms with van der Waals surface area (Å²) in [7, 11) is -3.16. The van der Waals surface area contributed by atoms with E-state index in [1.54, 1.807) is 25.3 Å². The van der Waals surface area contributed by atoms with E-state index >= 15 is 0 Å². The van der Waals surface area contributed by atoms with Gasteiger partial charge in [-0.05, 0) is 19.1 Å². The molecule has 0 aliphatic rings. The number of nitrogens with zero attached hydrogens (tertiary/aromatic N) is 1. The summed E-state index contributed by atoms with van der Waals surface area (Å²) < 4.78 is 24.2. The normalized spacial score (nSPS) is 14.0. The highest BCUT2D eigenvalue weighted by Gasteiger charge is 2.10. The average Bonchev–Trinajstić information content (AvgIpc) is 2.03. The summed E-state index contributed by atoms with van der Waals surface area (Å²) in [5, 5.41) is 0. The fourth-order valence-corrected chi connectivity index (χ4v) is 1.78. The van der Waals surface area contributed by atoms with Crippen molar-refractivity contribution >= 4 is 10.0 Å². The van der Waals surface area contributed by atoms with Gasteiger partial charge in [-0.2, -0.15) is 0 Å². The van der Waals surface area contributed by atoms with Gasteiger partial charge in [-0.3, -0.25) is 4.98 Å². The van der Waals surface area contributed by atoms with E-state index in [0.29, 0.717) is 5.69 Å². The zero-order valence-corrected chi connectivity index (χ0v) is 8.38. The molecule has 5 heteroatoms. The molecular formula is C8H12N2O2S. The van der Waals surface area contributed by atoms with Crippen LogP contribution < -0.4 is 4.72 Å². The number of hydrogen-bond donors (Lipinski definition) is 1. The number of aromatic nitrogens is 1. The van der Waals surface area contributed by atoms with Gasteiger partial charge < -0.3 is 0 Å². The van der Waals surface area contributed by atoms with E-state index in [1.165, 1.54) is 0 Å². The molecule has 0 saturated heterocycles. The third-order valence-electron chi connectivity index (χ3n) is 1.52. The highest BCUT2D eigenvalue weighted by molar-refractivity contribution is 7.88. The molecule has 1 rings (SSSR count). The molecule has 1 aromatic heterocycles. The summed E-state index contributed by atoms with van der Waals surface area (Å²) in [6.07, 6.45) is 2.77. The summed E-state index contributed by atoms with van der Waals surface area (Å²) in [5.41, 5.74) is 0.716. The number of sulfonamides is 1. The van der Waals surface area contributed by atoms with Gasteiger partial charge in [0, 0.05) is 6.20 Å². The van der Waals surface area contributed by atoms with Gasteiger partial charge in [-0.25, -0.2) is 13.1 Å². The Morgan fingerprint density at radius 3 is 2.62 bits per heavy atom. The first-order valence-corrected chi connectivity index (χ1v) is 5.76. The predicted molar refractivity (Wildman–Crippen MR) is 50.6 cm³/mol. The molecule has 0 aliphatic carbocycles. The molecule has 0 bridgehead atoms. The molecule has 13 heavy (non-hydrogen) atoms. The van der Waals surface area contributed by atoms with Gasteiger partial charge in [0.05, 0.1) is 18.0 Å². The lowest BCUT2D eigenvalue weighted by Crippen LogP contribution is -2.25. The molecule has 0 fully saturated rings. The van der Waals surface area contributed by atoms with Crippen molar-refractivity contribution in [2.24, 2.45) is 0 Å². The van der Waals surface area contributed by atoms with Gasteiger partial charge in [0.25, 0.3) is 0 Å². The van der Waals surface area contributed by atoms with Gasteiger partial charge in [0.2, 0.25) is 10.0 Å². The Morgan fingerprint density at radius 1 is 1.46 bits per heavy atom. The number of hydrogen-bond acceptors (Lipinski definition) is 3. The third kappa shape index (κ3) is 3.52. The monoisotopic (exact) mass is 200 g/mol. The van der Waals surface area contributed by atoms with Crippen LogP contribution in [0.5, 0.6) is 0 Å². The lowest BCUT2D eigenvalue weighted by atomic mass is 10.2. The minimum Gasteiger partial charge on any atom is -0.260 e. The minimum atomic E-state index is -3.16. The van der Waals surface area contributed by atoms with Crippen LogP contribution in [0, 0.1) is 0 Å². The summed E-state index contributed by atoms with van der Waals surface area (Å²) in [5.74, 6) is 0. The molecule has 1 N–H and O–H groups in total. The van der Waals surface area contributed by atoms with E-state index in [-0.39, 0.29) is 6.04 Å². The second-order valence-electron chi connectivity index (χ2n) is 2.87. The smallest absolute Gasteiger partial charge is 0.209 e. The molecule has 0 unspecified atom stereocenters. The Morgan fingerprint density at radius 2 is 2.15 bits per heavy atom. The second-order valence-corrected chi connectivity index (χ2v) is 4.65. The average molecular weight is 200 g/mol. The second kappa shape index (κ2) is 3.85. The quantitative estimate of drug-likeness (QED) is 0.781. The molecule has 1 heterocycles. The van der Waals surface area contributed by atoms with E-state index < -0.39 is 10.0 Å². The van der Waals surface area contributed by atoms with Crippen molar-refractivity contribution in [3.05, 3.63) is 30.1 Å². The molecule has 0 amide bonds. The summed E-state index contributed by atoms with van der Waals surface area (Å²) >= 11 is 0. The zero-order valence-electron chi connectivity index (χ0n) is 7.56. The lowest BCUT2D eigenvalue weighted by Gasteiger charge is -2.10. The van der Waals surface area contributed by atoms with Gasteiger partial charge in [0.15, 0.2) is 0 Å². The molecule has 1 aromatic rings. The van der Waals surface area contributed by atoms with Crippen molar-refractivity contribution in [1.82, 2.24) is 9.71 Å². The predicted octanol–water partition coefficient (Wildman–Crippen LogP) is 0.692. The molecular weight excluding hydrogens is 188 g/mol. The Hall–Kier alpha value is -0.940. The van der Waals surface area contributed by atoms with E-state index in [1.807, 2.05) is 6.07 Å². The maximum Gasteiger partial charge on any atom is 0.209 e. The summed E-state index contributed by atoms with van der Waals surface area (Å²) in [6.45, 7) is 1.75. The first kappa shape index (κ1) is 10.1. The van der Waals surface area contributed by atoms with Crippen LogP contribution in [-0.4, -0.2) is 19.7 Å². The molecule has 0 radical (unpaired) electrons. The lowest BCUT2D eigenvalue weighted by molar-refractivity contribution is 0.570. The number of rotatable bonds is 3. The summed E-state index contributed by atoms with van der Waals surface area (Å²) in [6, 6.07) is 5.11. The van der Waals surface area contributed by atoms with Crippen LogP contribution in [0.25, 0.3) is 0 Å². The third-order valence-corrected chi connectivity index (χ3v) is 2.30. The van der Waals surface area contributed by atoms with Crippen LogP contribution in [0.15, 0.2) is 24.4 Å². The minimum absolute atomic E-state index is 0.281. The number of pyridine rings is 1. The Bertz CT molecular complexity index is 361. The van der Waals surface area contributed by atoms with E-state index in [9.17, 15) is 8.42 Å². The zero-order chi connectivity index (χ0) is 9.90. The fraction of sp³-hybridized carbons (Fsp3) is 0.375. The van der Waals surface area contributed by atoms with Crippen LogP contribution >= 0.6 is 0 Å². The van der Waals surface area contributed by atoms with Gasteiger partial charge in [-0.1, -0.05) is 6.07 Å². The maximum atomic E-state index is 10.9. The molecule has 0 aromatic carbocycles. The summed E-state index contributed by atoms with van der Waals surface area (Å²) in [4.78, 5) is 4.04. The van der Waals surface area contributed by atoms with Crippen molar-refractivity contribution in [2.45, 2.75) is 13.0 Å². The van der Waals surface area contributed by atoms with Crippen molar-refractivity contribution in [3.8, 4) is 0 Å². The highest BCUT2D eigenvalue weighted by atomic mass is 32.2. The first-order chi connectivity index (χ1) is 5.99.